The van der Waals surface area contributed by atoms with Gasteiger partial charge in [-0.05, 0) is 31.2 Å². The first kappa shape index (κ1) is 18.7. The second-order valence-electron chi connectivity index (χ2n) is 6.46. The molecule has 2 aliphatic heterocycles. The molecule has 2 saturated heterocycles. The van der Waals surface area contributed by atoms with E-state index < -0.39 is 5.79 Å². The fourth-order valence-electron chi connectivity index (χ4n) is 3.29. The Labute approximate surface area is 153 Å². The smallest absolute Gasteiger partial charge is 0.338 e. The maximum absolute atomic E-state index is 12.4. The van der Waals surface area contributed by atoms with Gasteiger partial charge in [-0.25, -0.2) is 4.79 Å². The van der Waals surface area contributed by atoms with Crippen molar-refractivity contribution in [1.29, 1.82) is 0 Å². The largest absolute Gasteiger partial charge is 0.462 e. The third-order valence-electron chi connectivity index (χ3n) is 4.76. The van der Waals surface area contributed by atoms with Crippen LogP contribution in [0.4, 0.5) is 5.69 Å². The average molecular weight is 362 g/mol. The van der Waals surface area contributed by atoms with Crippen LogP contribution < -0.4 is 5.32 Å². The van der Waals surface area contributed by atoms with Gasteiger partial charge < -0.3 is 24.4 Å². The highest BCUT2D eigenvalue weighted by Crippen LogP contribution is 2.31. The number of hydrogen-bond acceptors (Lipinski definition) is 6. The molecule has 0 aliphatic carbocycles. The zero-order valence-corrected chi connectivity index (χ0v) is 15.2. The Hall–Kier alpha value is -2.12. The second-order valence-corrected chi connectivity index (χ2v) is 6.46. The Kier molecular flexibility index (Phi) is 6.11. The summed E-state index contributed by atoms with van der Waals surface area (Å²) in [5.41, 5.74) is 1.39. The first-order valence-electron chi connectivity index (χ1n) is 9.19. The van der Waals surface area contributed by atoms with Crippen LogP contribution in [0.5, 0.6) is 0 Å². The number of piperidine rings is 1. The molecule has 1 amide bonds. The molecule has 26 heavy (non-hydrogen) atoms. The number of esters is 1. The van der Waals surface area contributed by atoms with Crippen LogP contribution in [0.3, 0.4) is 0 Å². The molecule has 142 valence electrons. The van der Waals surface area contributed by atoms with Crippen LogP contribution in [0.15, 0.2) is 24.3 Å². The third kappa shape index (κ3) is 4.53. The highest BCUT2D eigenvalue weighted by Gasteiger charge is 2.40. The SMILES string of the molecule is CCOC(=O)c1ccc(NCCC(=O)N2CCC3(CC2)OCCO3)cc1. The maximum Gasteiger partial charge on any atom is 0.338 e. The summed E-state index contributed by atoms with van der Waals surface area (Å²) in [4.78, 5) is 25.8. The molecule has 1 aromatic carbocycles. The Morgan fingerprint density at radius 3 is 2.42 bits per heavy atom. The number of hydrogen-bond donors (Lipinski definition) is 1. The summed E-state index contributed by atoms with van der Waals surface area (Å²) in [7, 11) is 0. The molecule has 0 aromatic heterocycles. The Morgan fingerprint density at radius 1 is 1.15 bits per heavy atom. The van der Waals surface area contributed by atoms with Gasteiger partial charge in [0.15, 0.2) is 5.79 Å². The Balaban J connectivity index is 1.39. The molecular formula is C19H26N2O5. The summed E-state index contributed by atoms with van der Waals surface area (Å²) in [5, 5.41) is 3.21. The van der Waals surface area contributed by atoms with Gasteiger partial charge in [0.1, 0.15) is 0 Å². The number of carbonyl (C=O) groups excluding carboxylic acids is 2. The van der Waals surface area contributed by atoms with Crippen LogP contribution >= 0.6 is 0 Å². The molecule has 0 bridgehead atoms. The Morgan fingerprint density at radius 2 is 1.81 bits per heavy atom. The van der Waals surface area contributed by atoms with Gasteiger partial charge in [0.05, 0.1) is 25.4 Å². The van der Waals surface area contributed by atoms with Crippen LogP contribution in [-0.4, -0.2) is 62.0 Å². The molecule has 2 fully saturated rings. The van der Waals surface area contributed by atoms with Crippen LogP contribution in [-0.2, 0) is 19.0 Å². The van der Waals surface area contributed by atoms with E-state index in [1.807, 2.05) is 17.0 Å². The van der Waals surface area contributed by atoms with Gasteiger partial charge >= 0.3 is 5.97 Å². The van der Waals surface area contributed by atoms with E-state index in [-0.39, 0.29) is 11.9 Å². The molecule has 0 radical (unpaired) electrons. The topological polar surface area (TPSA) is 77.1 Å². The zero-order chi connectivity index (χ0) is 18.4. The minimum Gasteiger partial charge on any atom is -0.462 e. The van der Waals surface area contributed by atoms with E-state index in [4.69, 9.17) is 14.2 Å². The van der Waals surface area contributed by atoms with Gasteiger partial charge in [0.25, 0.3) is 0 Å². The van der Waals surface area contributed by atoms with Crippen LogP contribution in [0.2, 0.25) is 0 Å². The van der Waals surface area contributed by atoms with E-state index in [0.717, 1.165) is 18.5 Å². The lowest BCUT2D eigenvalue weighted by molar-refractivity contribution is -0.187. The Bertz CT molecular complexity index is 615. The minimum absolute atomic E-state index is 0.133. The van der Waals surface area contributed by atoms with E-state index in [9.17, 15) is 9.59 Å². The van der Waals surface area contributed by atoms with E-state index in [1.165, 1.54) is 0 Å². The van der Waals surface area contributed by atoms with Gasteiger partial charge in [-0.15, -0.1) is 0 Å². The predicted molar refractivity (Wildman–Crippen MR) is 96.0 cm³/mol. The van der Waals surface area contributed by atoms with Crippen molar-refractivity contribution >= 4 is 17.6 Å². The lowest BCUT2D eigenvalue weighted by atomic mass is 10.0. The molecule has 3 rings (SSSR count). The summed E-state index contributed by atoms with van der Waals surface area (Å²) in [6.07, 6.45) is 1.90. The van der Waals surface area contributed by atoms with Gasteiger partial charge in [-0.3, -0.25) is 4.79 Å². The van der Waals surface area contributed by atoms with E-state index >= 15 is 0 Å². The summed E-state index contributed by atoms with van der Waals surface area (Å²) >= 11 is 0. The summed E-state index contributed by atoms with van der Waals surface area (Å²) in [5.74, 6) is -0.642. The van der Waals surface area contributed by atoms with E-state index in [2.05, 4.69) is 5.32 Å². The fourth-order valence-corrected chi connectivity index (χ4v) is 3.29. The molecule has 7 nitrogen and oxygen atoms in total. The third-order valence-corrected chi connectivity index (χ3v) is 4.76. The molecule has 2 heterocycles. The van der Waals surface area contributed by atoms with Crippen molar-refractivity contribution in [2.24, 2.45) is 0 Å². The average Bonchev–Trinajstić information content (AvgIpc) is 3.11. The van der Waals surface area contributed by atoms with Crippen LogP contribution in [0.1, 0.15) is 36.5 Å². The van der Waals surface area contributed by atoms with Crippen LogP contribution in [0.25, 0.3) is 0 Å². The van der Waals surface area contributed by atoms with Gasteiger partial charge in [0.2, 0.25) is 5.91 Å². The minimum atomic E-state index is -0.449. The fraction of sp³-hybridized carbons (Fsp3) is 0.579. The molecule has 1 N–H and O–H groups in total. The highest BCUT2D eigenvalue weighted by atomic mass is 16.7. The molecule has 0 saturated carbocycles. The lowest BCUT2D eigenvalue weighted by Gasteiger charge is -2.37. The van der Waals surface area contributed by atoms with Crippen molar-refractivity contribution in [2.45, 2.75) is 32.0 Å². The van der Waals surface area contributed by atoms with Crippen molar-refractivity contribution in [3.05, 3.63) is 29.8 Å². The molecule has 2 aliphatic rings. The molecule has 0 unspecified atom stereocenters. The number of nitrogens with zero attached hydrogens (tertiary/aromatic N) is 1. The number of nitrogens with one attached hydrogen (secondary N) is 1. The summed E-state index contributed by atoms with van der Waals surface area (Å²) < 4.78 is 16.3. The molecular weight excluding hydrogens is 336 g/mol. The number of likely N-dealkylation sites (tertiary alicyclic amines) is 1. The van der Waals surface area contributed by atoms with E-state index in [0.29, 0.717) is 51.4 Å². The lowest BCUT2D eigenvalue weighted by Crippen LogP contribution is -2.47. The molecule has 1 aromatic rings. The van der Waals surface area contributed by atoms with E-state index in [1.54, 1.807) is 19.1 Å². The number of ether oxygens (including phenoxy) is 3. The van der Waals surface area contributed by atoms with Crippen molar-refractivity contribution in [3.63, 3.8) is 0 Å². The zero-order valence-electron chi connectivity index (χ0n) is 15.2. The number of anilines is 1. The first-order chi connectivity index (χ1) is 12.6. The van der Waals surface area contributed by atoms with Crippen molar-refractivity contribution in [3.8, 4) is 0 Å². The molecule has 1 spiro atoms. The normalized spacial score (nSPS) is 18.7. The molecule has 0 atom stereocenters. The monoisotopic (exact) mass is 362 g/mol. The number of carbonyl (C=O) groups is 2. The first-order valence-corrected chi connectivity index (χ1v) is 9.19. The quantitative estimate of drug-likeness (QED) is 0.781. The van der Waals surface area contributed by atoms with Gasteiger partial charge in [-0.1, -0.05) is 0 Å². The number of rotatable bonds is 6. The van der Waals surface area contributed by atoms with Crippen LogP contribution in [0, 0.1) is 0 Å². The van der Waals surface area contributed by atoms with Crippen molar-refractivity contribution in [1.82, 2.24) is 4.90 Å². The van der Waals surface area contributed by atoms with Crippen molar-refractivity contribution in [2.75, 3.05) is 44.8 Å². The molecule has 7 heteroatoms. The predicted octanol–water partition coefficient (Wildman–Crippen LogP) is 2.03. The standard InChI is InChI=1S/C19H26N2O5/c1-2-24-18(23)15-3-5-16(6-4-15)20-10-7-17(22)21-11-8-19(9-12-21)25-13-14-26-19/h3-6,20H,2,7-14H2,1H3. The van der Waals surface area contributed by atoms with Crippen molar-refractivity contribution < 1.29 is 23.8 Å². The summed E-state index contributed by atoms with van der Waals surface area (Å²) in [6.45, 7) is 5.32. The van der Waals surface area contributed by atoms with Gasteiger partial charge in [-0.2, -0.15) is 0 Å². The summed E-state index contributed by atoms with van der Waals surface area (Å²) in [6, 6.07) is 7.06. The number of amides is 1. The maximum atomic E-state index is 12.4. The highest BCUT2D eigenvalue weighted by molar-refractivity contribution is 5.89. The number of benzene rings is 1. The second kappa shape index (κ2) is 8.51. The van der Waals surface area contributed by atoms with Gasteiger partial charge in [0, 0.05) is 44.6 Å².